The number of carbonyl (C=O) groups is 1. The van der Waals surface area contributed by atoms with Crippen LogP contribution in [0.25, 0.3) is 0 Å². The zero-order chi connectivity index (χ0) is 20.8. The van der Waals surface area contributed by atoms with Crippen molar-refractivity contribution in [1.29, 1.82) is 0 Å². The number of benzene rings is 2. The number of hydrogen-bond donors (Lipinski definition) is 2. The van der Waals surface area contributed by atoms with Crippen LogP contribution in [0, 0.1) is 5.82 Å². The lowest BCUT2D eigenvalue weighted by Crippen LogP contribution is -2.21. The highest BCUT2D eigenvalue weighted by Crippen LogP contribution is 2.37. The van der Waals surface area contributed by atoms with Crippen LogP contribution in [-0.2, 0) is 11.3 Å². The van der Waals surface area contributed by atoms with Crippen LogP contribution in [0.15, 0.2) is 28.7 Å². The van der Waals surface area contributed by atoms with Crippen LogP contribution < -0.4 is 20.5 Å². The average Bonchev–Trinajstić information content (AvgIpc) is 2.62. The molecule has 0 radical (unpaired) electrons. The van der Waals surface area contributed by atoms with E-state index in [0.717, 1.165) is 5.56 Å². The van der Waals surface area contributed by atoms with Crippen LogP contribution in [0.5, 0.6) is 11.5 Å². The van der Waals surface area contributed by atoms with E-state index in [0.29, 0.717) is 39.7 Å². The first-order chi connectivity index (χ1) is 13.2. The average molecular weight is 494 g/mol. The summed E-state index contributed by atoms with van der Waals surface area (Å²) in [6.45, 7) is 4.34. The fourth-order valence-electron chi connectivity index (χ4n) is 2.52. The normalized spacial score (nSPS) is 11.9. The van der Waals surface area contributed by atoms with Crippen molar-refractivity contribution in [2.75, 3.05) is 13.2 Å². The Morgan fingerprint density at radius 1 is 1.25 bits per heavy atom. The first kappa shape index (κ1) is 22.7. The number of rotatable bonds is 9. The summed E-state index contributed by atoms with van der Waals surface area (Å²) in [7, 11) is 0. The summed E-state index contributed by atoms with van der Waals surface area (Å²) in [6, 6.07) is 6.13. The molecular weight excluding hydrogens is 474 g/mol. The van der Waals surface area contributed by atoms with Crippen LogP contribution >= 0.6 is 39.1 Å². The molecule has 2 aromatic rings. The molecule has 3 N–H and O–H groups in total. The van der Waals surface area contributed by atoms with Crippen molar-refractivity contribution >= 4 is 45.0 Å². The second kappa shape index (κ2) is 10.3. The predicted molar refractivity (Wildman–Crippen MR) is 112 cm³/mol. The minimum atomic E-state index is -0.582. The third-order valence-corrected chi connectivity index (χ3v) is 5.05. The number of nitrogens with one attached hydrogen (secondary N) is 1. The van der Waals surface area contributed by atoms with Gasteiger partial charge in [-0.15, -0.1) is 0 Å². The van der Waals surface area contributed by atoms with E-state index in [1.165, 1.54) is 12.1 Å². The van der Waals surface area contributed by atoms with E-state index in [9.17, 15) is 9.18 Å². The topological polar surface area (TPSA) is 73.6 Å². The largest absolute Gasteiger partial charge is 0.490 e. The van der Waals surface area contributed by atoms with Crippen molar-refractivity contribution in [2.45, 2.75) is 26.4 Å². The van der Waals surface area contributed by atoms with E-state index in [4.69, 9.17) is 38.4 Å². The quantitative estimate of drug-likeness (QED) is 0.481. The molecule has 0 bridgehead atoms. The summed E-state index contributed by atoms with van der Waals surface area (Å²) in [6.07, 6.45) is 0. The Bertz CT molecular complexity index is 868. The number of ether oxygens (including phenoxy) is 2. The Morgan fingerprint density at radius 2 is 1.96 bits per heavy atom. The van der Waals surface area contributed by atoms with E-state index < -0.39 is 11.7 Å². The molecule has 0 fully saturated rings. The van der Waals surface area contributed by atoms with Crippen LogP contribution in [0.4, 0.5) is 4.39 Å². The molecule has 2 aromatic carbocycles. The van der Waals surface area contributed by atoms with Gasteiger partial charge >= 0.3 is 0 Å². The molecule has 0 saturated heterocycles. The Balaban J connectivity index is 2.17. The molecule has 9 heteroatoms. The molecule has 0 spiro atoms. The summed E-state index contributed by atoms with van der Waals surface area (Å²) in [4.78, 5) is 11.0. The Labute approximate surface area is 181 Å². The minimum absolute atomic E-state index is 0.0159. The van der Waals surface area contributed by atoms with Crippen LogP contribution in [-0.4, -0.2) is 19.1 Å². The molecule has 0 aromatic heterocycles. The van der Waals surface area contributed by atoms with Gasteiger partial charge in [-0.25, -0.2) is 4.39 Å². The fourth-order valence-corrected chi connectivity index (χ4v) is 3.67. The van der Waals surface area contributed by atoms with Gasteiger partial charge in [-0.1, -0.05) is 23.2 Å². The van der Waals surface area contributed by atoms with Gasteiger partial charge in [0.2, 0.25) is 0 Å². The van der Waals surface area contributed by atoms with Gasteiger partial charge in [0.1, 0.15) is 5.82 Å². The monoisotopic (exact) mass is 492 g/mol. The second-order valence-electron chi connectivity index (χ2n) is 5.98. The summed E-state index contributed by atoms with van der Waals surface area (Å²) >= 11 is 15.4. The molecule has 1 atom stereocenters. The highest BCUT2D eigenvalue weighted by Gasteiger charge is 2.16. The van der Waals surface area contributed by atoms with Crippen molar-refractivity contribution < 1.29 is 18.7 Å². The maximum absolute atomic E-state index is 13.8. The van der Waals surface area contributed by atoms with Crippen molar-refractivity contribution in [3.63, 3.8) is 0 Å². The fraction of sp³-hybridized carbons (Fsp3) is 0.316. The van der Waals surface area contributed by atoms with Gasteiger partial charge in [0.25, 0.3) is 5.91 Å². The van der Waals surface area contributed by atoms with E-state index in [1.54, 1.807) is 6.07 Å². The van der Waals surface area contributed by atoms with Gasteiger partial charge < -0.3 is 20.5 Å². The van der Waals surface area contributed by atoms with Crippen LogP contribution in [0.2, 0.25) is 10.0 Å². The van der Waals surface area contributed by atoms with E-state index in [2.05, 4.69) is 21.2 Å². The third kappa shape index (κ3) is 5.98. The Morgan fingerprint density at radius 3 is 2.61 bits per heavy atom. The summed E-state index contributed by atoms with van der Waals surface area (Å²) < 4.78 is 25.4. The molecule has 0 aliphatic heterocycles. The predicted octanol–water partition coefficient (Wildman–Crippen LogP) is 5.01. The van der Waals surface area contributed by atoms with Crippen molar-refractivity contribution in [2.24, 2.45) is 5.73 Å². The van der Waals surface area contributed by atoms with Gasteiger partial charge in [-0.3, -0.25) is 4.79 Å². The summed E-state index contributed by atoms with van der Waals surface area (Å²) in [5.74, 6) is -0.216. The highest BCUT2D eigenvalue weighted by molar-refractivity contribution is 9.10. The third-order valence-electron chi connectivity index (χ3n) is 3.85. The van der Waals surface area contributed by atoms with Crippen molar-refractivity contribution in [3.8, 4) is 11.5 Å². The molecule has 0 saturated carbocycles. The van der Waals surface area contributed by atoms with E-state index >= 15 is 0 Å². The number of hydrogen-bond acceptors (Lipinski definition) is 4. The van der Waals surface area contributed by atoms with Crippen LogP contribution in [0.3, 0.4) is 0 Å². The first-order valence-corrected chi connectivity index (χ1v) is 10.0. The molecule has 152 valence electrons. The summed E-state index contributed by atoms with van der Waals surface area (Å²) in [5, 5.41) is 3.65. The van der Waals surface area contributed by atoms with E-state index in [1.807, 2.05) is 19.9 Å². The lowest BCUT2D eigenvalue weighted by molar-refractivity contribution is -0.119. The molecular formula is C19H20BrCl2FN2O3. The van der Waals surface area contributed by atoms with Gasteiger partial charge in [-0.2, -0.15) is 0 Å². The summed E-state index contributed by atoms with van der Waals surface area (Å²) in [5.41, 5.74) is 6.63. The second-order valence-corrected chi connectivity index (χ2v) is 7.65. The zero-order valence-corrected chi connectivity index (χ0v) is 18.4. The number of halogens is 4. The van der Waals surface area contributed by atoms with Gasteiger partial charge in [-0.05, 0) is 65.2 Å². The van der Waals surface area contributed by atoms with E-state index in [-0.39, 0.29) is 17.7 Å². The Kier molecular flexibility index (Phi) is 8.37. The molecule has 1 amide bonds. The minimum Gasteiger partial charge on any atom is -0.490 e. The lowest BCUT2D eigenvalue weighted by Gasteiger charge is -2.18. The smallest absolute Gasteiger partial charge is 0.255 e. The van der Waals surface area contributed by atoms with Crippen molar-refractivity contribution in [3.05, 3.63) is 55.7 Å². The maximum atomic E-state index is 13.8. The van der Waals surface area contributed by atoms with Gasteiger partial charge in [0.15, 0.2) is 18.1 Å². The highest BCUT2D eigenvalue weighted by atomic mass is 79.9. The SMILES string of the molecule is CCOc1cc(CN[C@H](C)c2cc(F)c(Cl)cc2Cl)cc(Br)c1OCC(N)=O. The molecule has 0 aliphatic rings. The molecule has 0 heterocycles. The number of nitrogens with two attached hydrogens (primary N) is 1. The molecule has 5 nitrogen and oxygen atoms in total. The standard InChI is InChI=1S/C19H20BrCl2FN2O3/c1-3-27-17-5-11(4-13(20)19(17)28-9-18(24)26)8-25-10(2)12-6-16(23)15(22)7-14(12)21/h4-7,10,25H,3,8-9H2,1-2H3,(H2,24,26)/t10-/m1/s1. The van der Waals surface area contributed by atoms with Gasteiger partial charge in [0.05, 0.1) is 16.1 Å². The number of carbonyl (C=O) groups excluding carboxylic acids is 1. The Hall–Kier alpha value is -1.54. The van der Waals surface area contributed by atoms with Gasteiger partial charge in [0, 0.05) is 17.6 Å². The molecule has 0 aliphatic carbocycles. The lowest BCUT2D eigenvalue weighted by atomic mass is 10.1. The zero-order valence-electron chi connectivity index (χ0n) is 15.3. The van der Waals surface area contributed by atoms with Crippen molar-refractivity contribution in [1.82, 2.24) is 5.32 Å². The maximum Gasteiger partial charge on any atom is 0.255 e. The molecule has 2 rings (SSSR count). The molecule has 0 unspecified atom stereocenters. The number of primary amides is 1. The first-order valence-electron chi connectivity index (χ1n) is 8.47. The van der Waals surface area contributed by atoms with Crippen LogP contribution in [0.1, 0.15) is 31.0 Å². The molecule has 28 heavy (non-hydrogen) atoms. The number of amides is 1.